The predicted octanol–water partition coefficient (Wildman–Crippen LogP) is 2.07. The number of nitrogens with zero attached hydrogens (tertiary/aromatic N) is 2. The number of hydrogen-bond donors (Lipinski definition) is 1. The van der Waals surface area contributed by atoms with Crippen LogP contribution in [0.3, 0.4) is 0 Å². The lowest BCUT2D eigenvalue weighted by molar-refractivity contribution is -0.130. The number of aromatic hydroxyl groups is 1. The normalized spacial score (nSPS) is 18.7. The van der Waals surface area contributed by atoms with Gasteiger partial charge in [0, 0.05) is 19.1 Å². The molecule has 1 amide bonds. The first-order valence-corrected chi connectivity index (χ1v) is 5.73. The molecule has 0 spiro atoms. The van der Waals surface area contributed by atoms with Gasteiger partial charge in [-0.25, -0.2) is 5.01 Å². The van der Waals surface area contributed by atoms with Crippen LogP contribution in [0.5, 0.6) is 11.5 Å². The van der Waals surface area contributed by atoms with Crippen LogP contribution < -0.4 is 4.74 Å². The fourth-order valence-electron chi connectivity index (χ4n) is 2.11. The molecule has 0 saturated carbocycles. The van der Waals surface area contributed by atoms with Crippen molar-refractivity contribution in [2.75, 3.05) is 7.11 Å². The first-order chi connectivity index (χ1) is 8.52. The molecule has 1 aromatic carbocycles. The second kappa shape index (κ2) is 4.68. The van der Waals surface area contributed by atoms with Gasteiger partial charge >= 0.3 is 0 Å². The lowest BCUT2D eigenvalue weighted by atomic mass is 10.0. The summed E-state index contributed by atoms with van der Waals surface area (Å²) in [6.07, 6.45) is 0.702. The molecule has 96 valence electrons. The minimum atomic E-state index is -0.114. The lowest BCUT2D eigenvalue weighted by Crippen LogP contribution is -2.24. The quantitative estimate of drug-likeness (QED) is 0.871. The Bertz CT molecular complexity index is 511. The van der Waals surface area contributed by atoms with Gasteiger partial charge in [-0.2, -0.15) is 5.10 Å². The van der Waals surface area contributed by atoms with E-state index in [-0.39, 0.29) is 17.7 Å². The summed E-state index contributed by atoms with van der Waals surface area (Å²) >= 11 is 0. The van der Waals surface area contributed by atoms with Crippen LogP contribution in [0.25, 0.3) is 0 Å². The Morgan fingerprint density at radius 2 is 2.28 bits per heavy atom. The second-order valence-corrected chi connectivity index (χ2v) is 4.35. The van der Waals surface area contributed by atoms with Crippen LogP contribution in [0, 0.1) is 0 Å². The molecule has 0 saturated heterocycles. The summed E-state index contributed by atoms with van der Waals surface area (Å²) in [5, 5.41) is 15.3. The van der Waals surface area contributed by atoms with E-state index in [4.69, 9.17) is 4.74 Å². The first kappa shape index (κ1) is 12.4. The number of hydrazone groups is 1. The van der Waals surface area contributed by atoms with Crippen LogP contribution >= 0.6 is 0 Å². The van der Waals surface area contributed by atoms with Crippen LogP contribution in [-0.2, 0) is 4.79 Å². The molecule has 1 unspecified atom stereocenters. The molecule has 1 aromatic rings. The van der Waals surface area contributed by atoms with E-state index in [0.29, 0.717) is 12.2 Å². The zero-order valence-corrected chi connectivity index (χ0v) is 10.7. The molecule has 0 aliphatic carbocycles. The molecule has 1 heterocycles. The van der Waals surface area contributed by atoms with Gasteiger partial charge in [0.1, 0.15) is 0 Å². The summed E-state index contributed by atoms with van der Waals surface area (Å²) in [6.45, 7) is 3.39. The van der Waals surface area contributed by atoms with Crippen LogP contribution in [0.1, 0.15) is 31.9 Å². The van der Waals surface area contributed by atoms with E-state index in [1.54, 1.807) is 18.2 Å². The Labute approximate surface area is 106 Å². The van der Waals surface area contributed by atoms with Gasteiger partial charge in [0.05, 0.1) is 13.2 Å². The number of benzene rings is 1. The Hall–Kier alpha value is -2.04. The van der Waals surface area contributed by atoms with E-state index in [1.807, 2.05) is 6.92 Å². The van der Waals surface area contributed by atoms with E-state index in [2.05, 4.69) is 5.10 Å². The predicted molar refractivity (Wildman–Crippen MR) is 67.6 cm³/mol. The third-order valence-corrected chi connectivity index (χ3v) is 2.97. The van der Waals surface area contributed by atoms with Crippen molar-refractivity contribution in [2.45, 2.75) is 26.3 Å². The van der Waals surface area contributed by atoms with Gasteiger partial charge < -0.3 is 9.84 Å². The van der Waals surface area contributed by atoms with Gasteiger partial charge in [-0.15, -0.1) is 0 Å². The van der Waals surface area contributed by atoms with Crippen molar-refractivity contribution in [3.63, 3.8) is 0 Å². The van der Waals surface area contributed by atoms with Crippen molar-refractivity contribution in [2.24, 2.45) is 5.10 Å². The van der Waals surface area contributed by atoms with E-state index >= 15 is 0 Å². The number of phenolic OH excluding ortho intramolecular Hbond substituents is 1. The van der Waals surface area contributed by atoms with Gasteiger partial charge in [0.15, 0.2) is 11.5 Å². The minimum absolute atomic E-state index is 0.0891. The highest BCUT2D eigenvalue weighted by molar-refractivity contribution is 5.87. The van der Waals surface area contributed by atoms with E-state index in [0.717, 1.165) is 11.3 Å². The van der Waals surface area contributed by atoms with Crippen molar-refractivity contribution in [3.05, 3.63) is 23.8 Å². The van der Waals surface area contributed by atoms with Gasteiger partial charge in [-0.05, 0) is 24.6 Å². The van der Waals surface area contributed by atoms with Crippen molar-refractivity contribution in [3.8, 4) is 11.5 Å². The van der Waals surface area contributed by atoms with Crippen LogP contribution in [0.4, 0.5) is 0 Å². The number of carbonyl (C=O) groups excluding carboxylic acids is 1. The van der Waals surface area contributed by atoms with Crippen LogP contribution in [0.15, 0.2) is 23.3 Å². The molecule has 0 bridgehead atoms. The smallest absolute Gasteiger partial charge is 0.240 e. The topological polar surface area (TPSA) is 62.1 Å². The Kier molecular flexibility index (Phi) is 3.23. The molecule has 0 aromatic heterocycles. The largest absolute Gasteiger partial charge is 0.504 e. The second-order valence-electron chi connectivity index (χ2n) is 4.35. The average molecular weight is 248 g/mol. The fourth-order valence-corrected chi connectivity index (χ4v) is 2.11. The van der Waals surface area contributed by atoms with Gasteiger partial charge in [0.25, 0.3) is 0 Å². The first-order valence-electron chi connectivity index (χ1n) is 5.73. The molecule has 1 N–H and O–H groups in total. The maximum absolute atomic E-state index is 11.5. The maximum Gasteiger partial charge on any atom is 0.240 e. The van der Waals surface area contributed by atoms with Crippen LogP contribution in [-0.4, -0.2) is 28.8 Å². The fraction of sp³-hybridized carbons (Fsp3) is 0.385. The molecule has 1 atom stereocenters. The number of methoxy groups -OCH3 is 1. The van der Waals surface area contributed by atoms with Crippen molar-refractivity contribution in [1.82, 2.24) is 5.01 Å². The number of ether oxygens (including phenoxy) is 1. The van der Waals surface area contributed by atoms with Gasteiger partial charge in [-0.3, -0.25) is 4.79 Å². The number of phenols is 1. The molecule has 18 heavy (non-hydrogen) atoms. The van der Waals surface area contributed by atoms with Crippen molar-refractivity contribution in [1.29, 1.82) is 0 Å². The zero-order valence-electron chi connectivity index (χ0n) is 10.7. The minimum Gasteiger partial charge on any atom is -0.504 e. The summed E-state index contributed by atoms with van der Waals surface area (Å²) in [4.78, 5) is 11.5. The number of carbonyl (C=O) groups is 1. The summed E-state index contributed by atoms with van der Waals surface area (Å²) in [5.74, 6) is 0.399. The molecule has 0 fully saturated rings. The van der Waals surface area contributed by atoms with Gasteiger partial charge in [0.2, 0.25) is 5.91 Å². The number of rotatable bonds is 2. The van der Waals surface area contributed by atoms with Crippen molar-refractivity contribution < 1.29 is 14.6 Å². The highest BCUT2D eigenvalue weighted by Crippen LogP contribution is 2.35. The highest BCUT2D eigenvalue weighted by atomic mass is 16.5. The van der Waals surface area contributed by atoms with Gasteiger partial charge in [-0.1, -0.05) is 6.07 Å². The van der Waals surface area contributed by atoms with Crippen LogP contribution in [0.2, 0.25) is 0 Å². The number of hydrogen-bond acceptors (Lipinski definition) is 4. The molecular weight excluding hydrogens is 232 g/mol. The standard InChI is InChI=1S/C13H16N2O3/c1-8-6-11(15(14-8)9(2)16)10-4-5-12(17)13(7-10)18-3/h4-5,7,11,17H,6H2,1-3H3. The molecular formula is C13H16N2O3. The lowest BCUT2D eigenvalue weighted by Gasteiger charge is -2.21. The molecule has 1 aliphatic rings. The monoisotopic (exact) mass is 248 g/mol. The van der Waals surface area contributed by atoms with E-state index < -0.39 is 0 Å². The average Bonchev–Trinajstić information content (AvgIpc) is 2.72. The third-order valence-electron chi connectivity index (χ3n) is 2.97. The molecule has 0 radical (unpaired) electrons. The SMILES string of the molecule is COc1cc(C2CC(C)=NN2C(C)=O)ccc1O. The van der Waals surface area contributed by atoms with E-state index in [9.17, 15) is 9.90 Å². The highest BCUT2D eigenvalue weighted by Gasteiger charge is 2.29. The maximum atomic E-state index is 11.5. The summed E-state index contributed by atoms with van der Waals surface area (Å²) in [7, 11) is 1.50. The Balaban J connectivity index is 2.34. The Morgan fingerprint density at radius 1 is 1.56 bits per heavy atom. The summed E-state index contributed by atoms with van der Waals surface area (Å²) in [6, 6.07) is 4.98. The van der Waals surface area contributed by atoms with E-state index in [1.165, 1.54) is 19.0 Å². The summed E-state index contributed by atoms with van der Waals surface area (Å²) in [5.41, 5.74) is 1.82. The van der Waals surface area contributed by atoms with Crippen molar-refractivity contribution >= 4 is 11.6 Å². The molecule has 5 nitrogen and oxygen atoms in total. The summed E-state index contributed by atoms with van der Waals surface area (Å²) < 4.78 is 5.08. The zero-order chi connectivity index (χ0) is 13.3. The number of amides is 1. The Morgan fingerprint density at radius 3 is 2.89 bits per heavy atom. The molecule has 1 aliphatic heterocycles. The molecule has 2 rings (SSSR count). The third kappa shape index (κ3) is 2.16. The molecule has 5 heteroatoms.